The van der Waals surface area contributed by atoms with Gasteiger partial charge >= 0.3 is 0 Å². The van der Waals surface area contributed by atoms with Crippen LogP contribution >= 0.6 is 11.8 Å². The Morgan fingerprint density at radius 3 is 2.86 bits per heavy atom. The molecule has 1 aromatic heterocycles. The molecule has 0 aliphatic heterocycles. The van der Waals surface area contributed by atoms with Crippen molar-refractivity contribution in [1.29, 1.82) is 0 Å². The van der Waals surface area contributed by atoms with Crippen molar-refractivity contribution in [3.8, 4) is 0 Å². The van der Waals surface area contributed by atoms with E-state index in [-0.39, 0.29) is 5.25 Å². The van der Waals surface area contributed by atoms with Gasteiger partial charge in [-0.15, -0.1) is 11.8 Å². The average molecular weight is 215 g/mol. The molecule has 0 fully saturated rings. The highest BCUT2D eigenvalue weighted by molar-refractivity contribution is 7.99. The van der Waals surface area contributed by atoms with E-state index < -0.39 is 6.10 Å². The van der Waals surface area contributed by atoms with Gasteiger partial charge in [-0.05, 0) is 18.6 Å². The first-order valence-corrected chi connectivity index (χ1v) is 5.72. The predicted octanol–water partition coefficient (Wildman–Crippen LogP) is 1.53. The zero-order chi connectivity index (χ0) is 10.6. The van der Waals surface area contributed by atoms with E-state index in [1.165, 1.54) is 0 Å². The first kappa shape index (κ1) is 11.6. The fourth-order valence-electron chi connectivity index (χ4n) is 1.06. The molecule has 0 aliphatic carbocycles. The molecule has 0 aliphatic rings. The molecule has 3 nitrogen and oxygen atoms in total. The van der Waals surface area contributed by atoms with Crippen molar-refractivity contribution in [2.45, 2.75) is 31.0 Å². The van der Waals surface area contributed by atoms with Gasteiger partial charge < -0.3 is 15.3 Å². The number of aryl methyl sites for hydroxylation is 1. The SMILES string of the molecule is Cc1ccoc1CSC(C)C(O)CN. The Kier molecular flexibility index (Phi) is 4.51. The lowest BCUT2D eigenvalue weighted by Crippen LogP contribution is -2.28. The highest BCUT2D eigenvalue weighted by Crippen LogP contribution is 2.22. The van der Waals surface area contributed by atoms with Crippen molar-refractivity contribution >= 4 is 11.8 Å². The van der Waals surface area contributed by atoms with Crippen LogP contribution in [0.3, 0.4) is 0 Å². The lowest BCUT2D eigenvalue weighted by Gasteiger charge is -2.15. The summed E-state index contributed by atoms with van der Waals surface area (Å²) in [7, 11) is 0. The van der Waals surface area contributed by atoms with Gasteiger partial charge in [0.2, 0.25) is 0 Å². The highest BCUT2D eigenvalue weighted by atomic mass is 32.2. The fourth-order valence-corrected chi connectivity index (χ4v) is 2.11. The summed E-state index contributed by atoms with van der Waals surface area (Å²) >= 11 is 1.66. The van der Waals surface area contributed by atoms with Crippen LogP contribution in [0.15, 0.2) is 16.7 Å². The van der Waals surface area contributed by atoms with Gasteiger partial charge in [-0.3, -0.25) is 0 Å². The van der Waals surface area contributed by atoms with Gasteiger partial charge in [0, 0.05) is 11.8 Å². The summed E-state index contributed by atoms with van der Waals surface area (Å²) in [6, 6.07) is 1.94. The van der Waals surface area contributed by atoms with E-state index in [9.17, 15) is 5.11 Å². The van der Waals surface area contributed by atoms with Crippen LogP contribution in [-0.2, 0) is 5.75 Å². The smallest absolute Gasteiger partial charge is 0.116 e. The van der Waals surface area contributed by atoms with E-state index >= 15 is 0 Å². The standard InChI is InChI=1S/C10H17NO2S/c1-7-3-4-13-10(7)6-14-8(2)9(12)5-11/h3-4,8-9,12H,5-6,11H2,1-2H3. The molecule has 2 atom stereocenters. The molecule has 3 N–H and O–H groups in total. The van der Waals surface area contributed by atoms with Crippen LogP contribution in [0.4, 0.5) is 0 Å². The largest absolute Gasteiger partial charge is 0.468 e. The third-order valence-electron chi connectivity index (χ3n) is 2.23. The summed E-state index contributed by atoms with van der Waals surface area (Å²) < 4.78 is 5.29. The number of rotatable bonds is 5. The average Bonchev–Trinajstić information content (AvgIpc) is 2.59. The van der Waals surface area contributed by atoms with Crippen molar-refractivity contribution < 1.29 is 9.52 Å². The number of nitrogens with two attached hydrogens (primary N) is 1. The molecule has 80 valence electrons. The molecule has 2 unspecified atom stereocenters. The van der Waals surface area contributed by atoms with Crippen molar-refractivity contribution in [3.63, 3.8) is 0 Å². The van der Waals surface area contributed by atoms with Crippen LogP contribution in [-0.4, -0.2) is 23.0 Å². The minimum atomic E-state index is -0.435. The minimum Gasteiger partial charge on any atom is -0.468 e. The van der Waals surface area contributed by atoms with Gasteiger partial charge in [-0.25, -0.2) is 0 Å². The zero-order valence-corrected chi connectivity index (χ0v) is 9.38. The van der Waals surface area contributed by atoms with Crippen LogP contribution in [0, 0.1) is 6.92 Å². The van der Waals surface area contributed by atoms with Crippen molar-refractivity contribution in [1.82, 2.24) is 0 Å². The molecule has 1 rings (SSSR count). The Bertz CT molecular complexity index is 275. The molecule has 4 heteroatoms. The topological polar surface area (TPSA) is 59.4 Å². The van der Waals surface area contributed by atoms with Crippen LogP contribution < -0.4 is 5.73 Å². The summed E-state index contributed by atoms with van der Waals surface area (Å²) in [5.41, 5.74) is 6.52. The Hall–Kier alpha value is -0.450. The second-order valence-electron chi connectivity index (χ2n) is 3.35. The molecule has 0 radical (unpaired) electrons. The summed E-state index contributed by atoms with van der Waals surface area (Å²) in [4.78, 5) is 0. The van der Waals surface area contributed by atoms with E-state index in [1.54, 1.807) is 18.0 Å². The Labute approximate surface area is 88.7 Å². The zero-order valence-electron chi connectivity index (χ0n) is 8.56. The molecule has 0 saturated carbocycles. The van der Waals surface area contributed by atoms with Gasteiger partial charge in [-0.1, -0.05) is 6.92 Å². The number of hydrogen-bond donors (Lipinski definition) is 2. The van der Waals surface area contributed by atoms with Gasteiger partial charge in [0.25, 0.3) is 0 Å². The third-order valence-corrected chi connectivity index (χ3v) is 3.50. The Balaban J connectivity index is 2.37. The molecule has 0 aromatic carbocycles. The molecular formula is C10H17NO2S. The Morgan fingerprint density at radius 1 is 1.64 bits per heavy atom. The first-order valence-electron chi connectivity index (χ1n) is 4.68. The second-order valence-corrected chi connectivity index (χ2v) is 4.71. The quantitative estimate of drug-likeness (QED) is 0.782. The van der Waals surface area contributed by atoms with Crippen LogP contribution in [0.25, 0.3) is 0 Å². The number of furan rings is 1. The number of aliphatic hydroxyl groups is 1. The van der Waals surface area contributed by atoms with Crippen molar-refractivity contribution in [3.05, 3.63) is 23.7 Å². The van der Waals surface area contributed by atoms with Gasteiger partial charge in [-0.2, -0.15) is 0 Å². The highest BCUT2D eigenvalue weighted by Gasteiger charge is 2.13. The third kappa shape index (κ3) is 3.04. The van der Waals surface area contributed by atoms with Crippen molar-refractivity contribution in [2.75, 3.05) is 6.54 Å². The minimum absolute atomic E-state index is 0.143. The lowest BCUT2D eigenvalue weighted by atomic mass is 10.3. The molecule has 0 saturated heterocycles. The van der Waals surface area contributed by atoms with Crippen LogP contribution in [0.2, 0.25) is 0 Å². The summed E-state index contributed by atoms with van der Waals surface area (Å²) in [5, 5.41) is 9.59. The second kappa shape index (κ2) is 5.44. The van der Waals surface area contributed by atoms with Crippen LogP contribution in [0.5, 0.6) is 0 Å². The molecular weight excluding hydrogens is 198 g/mol. The van der Waals surface area contributed by atoms with Gasteiger partial charge in [0.05, 0.1) is 18.1 Å². The van der Waals surface area contributed by atoms with E-state index in [0.29, 0.717) is 6.54 Å². The number of hydrogen-bond acceptors (Lipinski definition) is 4. The predicted molar refractivity (Wildman–Crippen MR) is 59.3 cm³/mol. The fraction of sp³-hybridized carbons (Fsp3) is 0.600. The van der Waals surface area contributed by atoms with Crippen molar-refractivity contribution in [2.24, 2.45) is 5.73 Å². The maximum absolute atomic E-state index is 9.45. The summed E-state index contributed by atoms with van der Waals surface area (Å²) in [5.74, 6) is 1.77. The van der Waals surface area contributed by atoms with E-state index in [4.69, 9.17) is 10.2 Å². The molecule has 1 heterocycles. The maximum Gasteiger partial charge on any atom is 0.116 e. The van der Waals surface area contributed by atoms with Gasteiger partial charge in [0.1, 0.15) is 5.76 Å². The molecule has 0 bridgehead atoms. The molecule has 14 heavy (non-hydrogen) atoms. The van der Waals surface area contributed by atoms with Gasteiger partial charge in [0.15, 0.2) is 0 Å². The Morgan fingerprint density at radius 2 is 2.36 bits per heavy atom. The van der Waals surface area contributed by atoms with Crippen LogP contribution in [0.1, 0.15) is 18.2 Å². The first-order chi connectivity index (χ1) is 6.65. The monoisotopic (exact) mass is 215 g/mol. The summed E-state index contributed by atoms with van der Waals surface area (Å²) in [6.45, 7) is 4.30. The number of thioether (sulfide) groups is 1. The van der Waals surface area contributed by atoms with E-state index in [1.807, 2.05) is 19.9 Å². The van der Waals surface area contributed by atoms with E-state index in [0.717, 1.165) is 17.1 Å². The number of aliphatic hydroxyl groups excluding tert-OH is 1. The molecule has 0 spiro atoms. The van der Waals surface area contributed by atoms with E-state index in [2.05, 4.69) is 0 Å². The lowest BCUT2D eigenvalue weighted by molar-refractivity contribution is 0.184. The molecule has 0 amide bonds. The maximum atomic E-state index is 9.45. The normalized spacial score (nSPS) is 15.4. The summed E-state index contributed by atoms with van der Waals surface area (Å²) in [6.07, 6.45) is 1.25. The molecule has 1 aromatic rings.